The van der Waals surface area contributed by atoms with Gasteiger partial charge >= 0.3 is 0 Å². The van der Waals surface area contributed by atoms with Crippen LogP contribution in [-0.2, 0) is 4.79 Å². The molecular weight excluding hydrogens is 410 g/mol. The number of halogens is 1. The Morgan fingerprint density at radius 2 is 1.90 bits per heavy atom. The molecular formula is C20H22ClN5O2S. The van der Waals surface area contributed by atoms with E-state index in [2.05, 4.69) is 46.8 Å². The van der Waals surface area contributed by atoms with E-state index in [0.717, 1.165) is 5.69 Å². The lowest BCUT2D eigenvalue weighted by Crippen LogP contribution is -2.23. The van der Waals surface area contributed by atoms with Gasteiger partial charge in [-0.2, -0.15) is 4.68 Å². The number of amides is 1. The number of nitrogens with one attached hydrogen (secondary N) is 1. The van der Waals surface area contributed by atoms with Crippen molar-refractivity contribution < 1.29 is 9.53 Å². The van der Waals surface area contributed by atoms with E-state index in [1.54, 1.807) is 36.9 Å². The molecule has 0 spiro atoms. The molecule has 0 saturated carbocycles. The first kappa shape index (κ1) is 21.1. The first-order valence-electron chi connectivity index (χ1n) is 9.08. The van der Waals surface area contributed by atoms with E-state index >= 15 is 0 Å². The molecule has 0 aliphatic rings. The Hall–Kier alpha value is -2.58. The van der Waals surface area contributed by atoms with E-state index in [1.165, 1.54) is 17.3 Å². The SMILES string of the molecule is COc1ccc(NC(=O)C(C)Sc2nnnn2-c2ccc(C(C)C)cc2)cc1Cl. The Morgan fingerprint density at radius 3 is 2.52 bits per heavy atom. The number of carbonyl (C=O) groups is 1. The van der Waals surface area contributed by atoms with Crippen molar-refractivity contribution in [1.82, 2.24) is 20.2 Å². The van der Waals surface area contributed by atoms with Crippen molar-refractivity contribution >= 4 is 35.0 Å². The average molecular weight is 432 g/mol. The van der Waals surface area contributed by atoms with Crippen molar-refractivity contribution in [3.05, 3.63) is 53.1 Å². The van der Waals surface area contributed by atoms with Crippen LogP contribution in [0.2, 0.25) is 5.02 Å². The summed E-state index contributed by atoms with van der Waals surface area (Å²) in [5.74, 6) is 0.817. The van der Waals surface area contributed by atoms with Gasteiger partial charge in [0.25, 0.3) is 0 Å². The van der Waals surface area contributed by atoms with Crippen LogP contribution in [0.4, 0.5) is 5.69 Å². The molecule has 1 amide bonds. The van der Waals surface area contributed by atoms with E-state index in [9.17, 15) is 4.79 Å². The Kier molecular flexibility index (Phi) is 6.76. The Bertz CT molecular complexity index is 991. The van der Waals surface area contributed by atoms with Crippen LogP contribution in [0.1, 0.15) is 32.3 Å². The molecule has 0 bridgehead atoms. The summed E-state index contributed by atoms with van der Waals surface area (Å²) in [5, 5.41) is 15.3. The van der Waals surface area contributed by atoms with Gasteiger partial charge in [0.2, 0.25) is 11.1 Å². The predicted molar refractivity (Wildman–Crippen MR) is 115 cm³/mol. The number of tetrazole rings is 1. The summed E-state index contributed by atoms with van der Waals surface area (Å²) in [6.07, 6.45) is 0. The van der Waals surface area contributed by atoms with Crippen LogP contribution >= 0.6 is 23.4 Å². The molecule has 9 heteroatoms. The molecule has 7 nitrogen and oxygen atoms in total. The van der Waals surface area contributed by atoms with Gasteiger partial charge in [-0.3, -0.25) is 4.79 Å². The fourth-order valence-corrected chi connectivity index (χ4v) is 3.68. The maximum Gasteiger partial charge on any atom is 0.237 e. The molecule has 3 rings (SSSR count). The number of methoxy groups -OCH3 is 1. The summed E-state index contributed by atoms with van der Waals surface area (Å²) < 4.78 is 6.75. The van der Waals surface area contributed by atoms with Crippen LogP contribution in [0.15, 0.2) is 47.6 Å². The summed E-state index contributed by atoms with van der Waals surface area (Å²) >= 11 is 7.39. The monoisotopic (exact) mass is 431 g/mol. The quantitative estimate of drug-likeness (QED) is 0.552. The van der Waals surface area contributed by atoms with Gasteiger partial charge in [-0.25, -0.2) is 0 Å². The number of benzene rings is 2. The van der Waals surface area contributed by atoms with Gasteiger partial charge in [0, 0.05) is 5.69 Å². The molecule has 1 unspecified atom stereocenters. The number of anilines is 1. The average Bonchev–Trinajstić information content (AvgIpc) is 3.16. The Balaban J connectivity index is 1.69. The van der Waals surface area contributed by atoms with Gasteiger partial charge in [-0.05, 0) is 59.2 Å². The lowest BCUT2D eigenvalue weighted by atomic mass is 10.0. The van der Waals surface area contributed by atoms with Crippen LogP contribution in [-0.4, -0.2) is 38.5 Å². The van der Waals surface area contributed by atoms with Crippen LogP contribution in [0.3, 0.4) is 0 Å². The zero-order valence-electron chi connectivity index (χ0n) is 16.6. The van der Waals surface area contributed by atoms with Gasteiger partial charge in [0.1, 0.15) is 5.75 Å². The molecule has 1 heterocycles. The van der Waals surface area contributed by atoms with Crippen molar-refractivity contribution in [2.75, 3.05) is 12.4 Å². The third-order valence-corrected chi connectivity index (χ3v) is 5.64. The zero-order valence-corrected chi connectivity index (χ0v) is 18.2. The highest BCUT2D eigenvalue weighted by Crippen LogP contribution is 2.29. The van der Waals surface area contributed by atoms with Gasteiger partial charge < -0.3 is 10.1 Å². The highest BCUT2D eigenvalue weighted by Gasteiger charge is 2.20. The molecule has 2 aromatic carbocycles. The van der Waals surface area contributed by atoms with Crippen molar-refractivity contribution in [2.24, 2.45) is 0 Å². The zero-order chi connectivity index (χ0) is 21.0. The van der Waals surface area contributed by atoms with E-state index in [-0.39, 0.29) is 5.91 Å². The largest absolute Gasteiger partial charge is 0.495 e. The van der Waals surface area contributed by atoms with E-state index in [1.807, 2.05) is 12.1 Å². The van der Waals surface area contributed by atoms with Crippen LogP contribution in [0.5, 0.6) is 5.75 Å². The number of thioether (sulfide) groups is 1. The molecule has 0 aliphatic heterocycles. The number of rotatable bonds is 7. The molecule has 0 saturated heterocycles. The predicted octanol–water partition coefficient (Wildman–Crippen LogP) is 4.57. The summed E-state index contributed by atoms with van der Waals surface area (Å²) in [6, 6.07) is 13.1. The molecule has 1 aromatic heterocycles. The minimum atomic E-state index is -0.421. The first-order chi connectivity index (χ1) is 13.9. The summed E-state index contributed by atoms with van der Waals surface area (Å²) in [5.41, 5.74) is 2.68. The highest BCUT2D eigenvalue weighted by atomic mass is 35.5. The normalized spacial score (nSPS) is 12.1. The van der Waals surface area contributed by atoms with Crippen LogP contribution in [0, 0.1) is 0 Å². The van der Waals surface area contributed by atoms with Crippen LogP contribution < -0.4 is 10.1 Å². The minimum absolute atomic E-state index is 0.180. The number of carbonyl (C=O) groups excluding carboxylic acids is 1. The third kappa shape index (κ3) is 5.07. The molecule has 1 atom stereocenters. The topological polar surface area (TPSA) is 81.9 Å². The molecule has 0 fully saturated rings. The Labute approximate surface area is 178 Å². The van der Waals surface area contributed by atoms with Gasteiger partial charge in [-0.1, -0.05) is 49.3 Å². The maximum absolute atomic E-state index is 12.6. The second kappa shape index (κ2) is 9.28. The molecule has 29 heavy (non-hydrogen) atoms. The van der Waals surface area contributed by atoms with Gasteiger partial charge in [0.05, 0.1) is 23.1 Å². The summed E-state index contributed by atoms with van der Waals surface area (Å²) in [7, 11) is 1.54. The number of aromatic nitrogens is 4. The molecule has 1 N–H and O–H groups in total. The lowest BCUT2D eigenvalue weighted by molar-refractivity contribution is -0.115. The van der Waals surface area contributed by atoms with Crippen molar-refractivity contribution in [2.45, 2.75) is 37.1 Å². The second-order valence-corrected chi connectivity index (χ2v) is 8.43. The smallest absolute Gasteiger partial charge is 0.237 e. The van der Waals surface area contributed by atoms with Gasteiger partial charge in [0.15, 0.2) is 0 Å². The fourth-order valence-electron chi connectivity index (χ4n) is 2.61. The second-order valence-electron chi connectivity index (χ2n) is 6.72. The third-order valence-electron chi connectivity index (χ3n) is 4.32. The van der Waals surface area contributed by atoms with E-state index in [0.29, 0.717) is 27.5 Å². The van der Waals surface area contributed by atoms with E-state index < -0.39 is 5.25 Å². The van der Waals surface area contributed by atoms with E-state index in [4.69, 9.17) is 16.3 Å². The van der Waals surface area contributed by atoms with Gasteiger partial charge in [-0.15, -0.1) is 5.10 Å². The van der Waals surface area contributed by atoms with Crippen molar-refractivity contribution in [3.8, 4) is 11.4 Å². The number of hydrogen-bond donors (Lipinski definition) is 1. The van der Waals surface area contributed by atoms with Crippen LogP contribution in [0.25, 0.3) is 5.69 Å². The summed E-state index contributed by atoms with van der Waals surface area (Å²) in [6.45, 7) is 6.08. The molecule has 0 aliphatic carbocycles. The molecule has 152 valence electrons. The number of nitrogens with zero attached hydrogens (tertiary/aromatic N) is 4. The highest BCUT2D eigenvalue weighted by molar-refractivity contribution is 8.00. The number of ether oxygens (including phenoxy) is 1. The lowest BCUT2D eigenvalue weighted by Gasteiger charge is -2.13. The summed E-state index contributed by atoms with van der Waals surface area (Å²) in [4.78, 5) is 12.6. The number of hydrogen-bond acceptors (Lipinski definition) is 6. The maximum atomic E-state index is 12.6. The fraction of sp³-hybridized carbons (Fsp3) is 0.300. The first-order valence-corrected chi connectivity index (χ1v) is 10.3. The Morgan fingerprint density at radius 1 is 1.17 bits per heavy atom. The minimum Gasteiger partial charge on any atom is -0.495 e. The standard InChI is InChI=1S/C20H22ClN5O2S/c1-12(2)14-5-8-16(9-6-14)26-20(23-24-25-26)29-13(3)19(27)22-15-7-10-18(28-4)17(21)11-15/h5-13H,1-4H3,(H,22,27). The van der Waals surface area contributed by atoms with Crippen molar-refractivity contribution in [1.29, 1.82) is 0 Å². The van der Waals surface area contributed by atoms with Crippen molar-refractivity contribution in [3.63, 3.8) is 0 Å². The molecule has 3 aromatic rings. The molecule has 0 radical (unpaired) electrons.